The van der Waals surface area contributed by atoms with E-state index in [9.17, 15) is 4.79 Å². The van der Waals surface area contributed by atoms with Gasteiger partial charge >= 0.3 is 0 Å². The summed E-state index contributed by atoms with van der Waals surface area (Å²) >= 11 is 1.64. The minimum absolute atomic E-state index is 0.0320. The van der Waals surface area contributed by atoms with E-state index in [0.29, 0.717) is 0 Å². The Kier molecular flexibility index (Phi) is 3.32. The van der Waals surface area contributed by atoms with Gasteiger partial charge in [0.2, 0.25) is 6.79 Å². The van der Waals surface area contributed by atoms with Gasteiger partial charge in [-0.05, 0) is 43.7 Å². The van der Waals surface area contributed by atoms with Crippen LogP contribution in [0.4, 0.5) is 0 Å². The largest absolute Gasteiger partial charge is 0.454 e. The maximum Gasteiger partial charge on any atom is 0.231 e. The van der Waals surface area contributed by atoms with Gasteiger partial charge in [-0.2, -0.15) is 0 Å². The van der Waals surface area contributed by atoms with E-state index in [2.05, 4.69) is 0 Å². The van der Waals surface area contributed by atoms with Gasteiger partial charge in [-0.15, -0.1) is 11.3 Å². The molecule has 3 nitrogen and oxygen atoms in total. The van der Waals surface area contributed by atoms with E-state index in [1.54, 1.807) is 23.5 Å². The van der Waals surface area contributed by atoms with Gasteiger partial charge in [-0.3, -0.25) is 4.79 Å². The Balaban J connectivity index is 1.80. The van der Waals surface area contributed by atoms with Crippen LogP contribution in [-0.4, -0.2) is 12.6 Å². The molecule has 4 heteroatoms. The van der Waals surface area contributed by atoms with Crippen LogP contribution in [-0.2, 0) is 0 Å². The molecule has 0 fully saturated rings. The molecule has 2 heterocycles. The van der Waals surface area contributed by atoms with Gasteiger partial charge in [0, 0.05) is 15.3 Å². The third kappa shape index (κ3) is 2.47. The van der Waals surface area contributed by atoms with Crippen molar-refractivity contribution in [1.82, 2.24) is 0 Å². The Labute approximate surface area is 121 Å². The van der Waals surface area contributed by atoms with Crippen molar-refractivity contribution in [3.63, 3.8) is 0 Å². The van der Waals surface area contributed by atoms with E-state index in [1.807, 2.05) is 38.1 Å². The van der Waals surface area contributed by atoms with Gasteiger partial charge < -0.3 is 9.47 Å². The molecule has 1 aliphatic heterocycles. The average Bonchev–Trinajstić information content (AvgIpc) is 3.01. The van der Waals surface area contributed by atoms with Crippen LogP contribution >= 0.6 is 11.3 Å². The van der Waals surface area contributed by atoms with Gasteiger partial charge in [0.25, 0.3) is 0 Å². The molecule has 0 spiro atoms. The molecule has 1 aliphatic rings. The first kappa shape index (κ1) is 12.9. The van der Waals surface area contributed by atoms with Crippen molar-refractivity contribution < 1.29 is 14.3 Å². The molecule has 2 aromatic rings. The highest BCUT2D eigenvalue weighted by Crippen LogP contribution is 2.32. The van der Waals surface area contributed by atoms with E-state index < -0.39 is 0 Å². The molecule has 0 atom stereocenters. The minimum atomic E-state index is 0.0320. The number of aryl methyl sites for hydroxylation is 2. The zero-order chi connectivity index (χ0) is 14.1. The Hall–Kier alpha value is -2.07. The van der Waals surface area contributed by atoms with Crippen LogP contribution in [0.2, 0.25) is 0 Å². The number of benzene rings is 1. The van der Waals surface area contributed by atoms with E-state index in [1.165, 1.54) is 0 Å². The molecule has 102 valence electrons. The summed E-state index contributed by atoms with van der Waals surface area (Å²) in [5, 5.41) is 0. The molecule has 0 radical (unpaired) electrons. The lowest BCUT2D eigenvalue weighted by Gasteiger charge is -1.97. The minimum Gasteiger partial charge on any atom is -0.454 e. The molecule has 0 aliphatic carbocycles. The molecular weight excluding hydrogens is 272 g/mol. The van der Waals surface area contributed by atoms with Crippen LogP contribution in [0, 0.1) is 13.8 Å². The predicted octanol–water partition coefficient (Wildman–Crippen LogP) is 3.99. The summed E-state index contributed by atoms with van der Waals surface area (Å²) in [6.07, 6.45) is 3.41. The summed E-state index contributed by atoms with van der Waals surface area (Å²) < 4.78 is 10.6. The topological polar surface area (TPSA) is 35.5 Å². The lowest BCUT2D eigenvalue weighted by atomic mass is 10.1. The number of fused-ring (bicyclic) bond motifs is 1. The van der Waals surface area contributed by atoms with Crippen molar-refractivity contribution in [1.29, 1.82) is 0 Å². The highest BCUT2D eigenvalue weighted by atomic mass is 32.1. The fraction of sp³-hybridized carbons (Fsp3) is 0.188. The van der Waals surface area contributed by atoms with Crippen molar-refractivity contribution in [2.75, 3.05) is 6.79 Å². The molecule has 20 heavy (non-hydrogen) atoms. The van der Waals surface area contributed by atoms with Crippen molar-refractivity contribution in [3.05, 3.63) is 51.2 Å². The second-order valence-corrected chi connectivity index (χ2v) is 6.10. The molecule has 0 unspecified atom stereocenters. The van der Waals surface area contributed by atoms with Crippen LogP contribution in [0.5, 0.6) is 11.5 Å². The lowest BCUT2D eigenvalue weighted by Crippen LogP contribution is -1.93. The van der Waals surface area contributed by atoms with Crippen LogP contribution in [0.3, 0.4) is 0 Å². The van der Waals surface area contributed by atoms with E-state index >= 15 is 0 Å². The second kappa shape index (κ2) is 5.13. The smallest absolute Gasteiger partial charge is 0.231 e. The quantitative estimate of drug-likeness (QED) is 0.632. The first-order valence-electron chi connectivity index (χ1n) is 6.32. The fourth-order valence-electron chi connectivity index (χ4n) is 2.15. The van der Waals surface area contributed by atoms with Crippen molar-refractivity contribution >= 4 is 23.2 Å². The van der Waals surface area contributed by atoms with Crippen LogP contribution in [0.1, 0.15) is 25.7 Å². The van der Waals surface area contributed by atoms with E-state index in [4.69, 9.17) is 9.47 Å². The molecule has 1 aromatic carbocycles. The number of hydrogen-bond donors (Lipinski definition) is 0. The molecule has 3 rings (SSSR count). The maximum absolute atomic E-state index is 12.1. The summed E-state index contributed by atoms with van der Waals surface area (Å²) in [6, 6.07) is 7.57. The monoisotopic (exact) mass is 286 g/mol. The number of rotatable bonds is 3. The third-order valence-corrected chi connectivity index (χ3v) is 4.10. The van der Waals surface area contributed by atoms with Crippen molar-refractivity contribution in [2.45, 2.75) is 13.8 Å². The second-order valence-electron chi connectivity index (χ2n) is 4.64. The molecule has 0 saturated carbocycles. The summed E-state index contributed by atoms with van der Waals surface area (Å²) in [5.74, 6) is 1.50. The number of carbonyl (C=O) groups is 1. The summed E-state index contributed by atoms with van der Waals surface area (Å²) in [5.41, 5.74) is 1.71. The highest BCUT2D eigenvalue weighted by molar-refractivity contribution is 7.12. The highest BCUT2D eigenvalue weighted by Gasteiger charge is 2.13. The Bertz CT molecular complexity index is 698. The zero-order valence-electron chi connectivity index (χ0n) is 11.3. The molecular formula is C16H14O3S. The van der Waals surface area contributed by atoms with E-state index in [-0.39, 0.29) is 12.6 Å². The van der Waals surface area contributed by atoms with Gasteiger partial charge in [0.15, 0.2) is 17.3 Å². The number of thiophene rings is 1. The van der Waals surface area contributed by atoms with Gasteiger partial charge in [-0.25, -0.2) is 0 Å². The zero-order valence-corrected chi connectivity index (χ0v) is 12.1. The normalized spacial score (nSPS) is 13.1. The number of hydrogen-bond acceptors (Lipinski definition) is 4. The summed E-state index contributed by atoms with van der Waals surface area (Å²) in [6.45, 7) is 4.24. The maximum atomic E-state index is 12.1. The molecule has 0 saturated heterocycles. The third-order valence-electron chi connectivity index (χ3n) is 3.13. The molecule has 0 N–H and O–H groups in total. The van der Waals surface area contributed by atoms with Crippen LogP contribution < -0.4 is 9.47 Å². The van der Waals surface area contributed by atoms with Gasteiger partial charge in [0.05, 0.1) is 0 Å². The standard InChI is InChI=1S/C16H14O3S/c1-10-7-13(11(2)20-10)14(17)5-3-12-4-6-15-16(8-12)19-9-18-15/h3-8H,9H2,1-2H3/b5-3+. The predicted molar refractivity (Wildman–Crippen MR) is 79.7 cm³/mol. The molecule has 0 bridgehead atoms. The Morgan fingerprint density at radius 3 is 2.75 bits per heavy atom. The van der Waals surface area contributed by atoms with E-state index in [0.717, 1.165) is 32.4 Å². The molecule has 1 aromatic heterocycles. The van der Waals surface area contributed by atoms with Crippen LogP contribution in [0.25, 0.3) is 6.08 Å². The number of ketones is 1. The number of ether oxygens (including phenoxy) is 2. The molecule has 0 amide bonds. The van der Waals surface area contributed by atoms with Gasteiger partial charge in [0.1, 0.15) is 0 Å². The summed E-state index contributed by atoms with van der Waals surface area (Å²) in [7, 11) is 0. The Morgan fingerprint density at radius 1 is 1.20 bits per heavy atom. The van der Waals surface area contributed by atoms with Crippen molar-refractivity contribution in [3.8, 4) is 11.5 Å². The number of carbonyl (C=O) groups excluding carboxylic acids is 1. The average molecular weight is 286 g/mol. The first-order chi connectivity index (χ1) is 9.63. The number of allylic oxidation sites excluding steroid dienone is 1. The van der Waals surface area contributed by atoms with Crippen LogP contribution in [0.15, 0.2) is 30.3 Å². The van der Waals surface area contributed by atoms with Gasteiger partial charge in [-0.1, -0.05) is 12.1 Å². The Morgan fingerprint density at radius 2 is 2.00 bits per heavy atom. The lowest BCUT2D eigenvalue weighted by molar-refractivity contribution is 0.104. The SMILES string of the molecule is Cc1cc(C(=O)/C=C/c2ccc3c(c2)OCO3)c(C)s1. The fourth-order valence-corrected chi connectivity index (χ4v) is 3.08. The summed E-state index contributed by atoms with van der Waals surface area (Å²) in [4.78, 5) is 14.4. The van der Waals surface area contributed by atoms with Crippen molar-refractivity contribution in [2.24, 2.45) is 0 Å². The first-order valence-corrected chi connectivity index (χ1v) is 7.14.